The zero-order chi connectivity index (χ0) is 6.36. The third-order valence-corrected chi connectivity index (χ3v) is 1.45. The van der Waals surface area contributed by atoms with Crippen LogP contribution in [0.5, 0.6) is 0 Å². The van der Waals surface area contributed by atoms with E-state index in [2.05, 4.69) is 30.7 Å². The van der Waals surface area contributed by atoms with E-state index in [0.29, 0.717) is 0 Å². The van der Waals surface area contributed by atoms with Crippen LogP contribution in [-0.4, -0.2) is 0 Å². The Bertz CT molecular complexity index is 95.2. The van der Waals surface area contributed by atoms with Crippen LogP contribution in [0.2, 0.25) is 0 Å². The Balaban J connectivity index is 2.28. The van der Waals surface area contributed by atoms with Crippen LogP contribution in [-0.2, 0) is 0 Å². The molecule has 0 aromatic carbocycles. The van der Waals surface area contributed by atoms with Crippen molar-refractivity contribution < 1.29 is 0 Å². The number of hydrogen-bond acceptors (Lipinski definition) is 0. The molecule has 0 N–H and O–H groups in total. The number of hydrogen-bond donors (Lipinski definition) is 0. The van der Waals surface area contributed by atoms with Gasteiger partial charge in [-0.25, -0.2) is 0 Å². The summed E-state index contributed by atoms with van der Waals surface area (Å²) < 4.78 is 0. The van der Waals surface area contributed by atoms with Crippen molar-refractivity contribution in [3.05, 3.63) is 30.7 Å². The van der Waals surface area contributed by atoms with Crippen LogP contribution in [0.25, 0.3) is 0 Å². The van der Waals surface area contributed by atoms with Crippen molar-refractivity contribution in [1.82, 2.24) is 0 Å². The fourth-order valence-electron chi connectivity index (χ4n) is 0.917. The Labute approximate surface area is 57.3 Å². The molecule has 0 unspecified atom stereocenters. The highest BCUT2D eigenvalue weighted by molar-refractivity contribution is 5.01. The van der Waals surface area contributed by atoms with E-state index in [1.807, 2.05) is 0 Å². The first kappa shape index (κ1) is 6.60. The lowest BCUT2D eigenvalue weighted by molar-refractivity contribution is 0.869. The lowest BCUT2D eigenvalue weighted by atomic mass is 10.2. The molecule has 0 amide bonds. The minimum atomic E-state index is 1.11. The third kappa shape index (κ3) is 3.12. The molecule has 1 radical (unpaired) electrons. The molecule has 0 atom stereocenters. The predicted octanol–water partition coefficient (Wildman–Crippen LogP) is 2.88. The van der Waals surface area contributed by atoms with Gasteiger partial charge in [0.25, 0.3) is 0 Å². The maximum absolute atomic E-state index is 2.27. The first-order chi connectivity index (χ1) is 4.50. The summed E-state index contributed by atoms with van der Waals surface area (Å²) in [5, 5.41) is 0. The highest BCUT2D eigenvalue weighted by atomic mass is 13.9. The Kier molecular flexibility index (Phi) is 3.20. The highest BCUT2D eigenvalue weighted by Gasteiger charge is 1.84. The summed E-state index contributed by atoms with van der Waals surface area (Å²) in [5.74, 6) is 0. The second kappa shape index (κ2) is 4.37. The van der Waals surface area contributed by atoms with Gasteiger partial charge in [0.05, 0.1) is 0 Å². The van der Waals surface area contributed by atoms with Crippen LogP contribution in [0.1, 0.15) is 25.7 Å². The summed E-state index contributed by atoms with van der Waals surface area (Å²) in [7, 11) is 0. The summed E-state index contributed by atoms with van der Waals surface area (Å²) in [4.78, 5) is 0. The van der Waals surface area contributed by atoms with Crippen molar-refractivity contribution in [3.63, 3.8) is 0 Å². The zero-order valence-electron chi connectivity index (χ0n) is 5.72. The molecular weight excluding hydrogens is 108 g/mol. The van der Waals surface area contributed by atoms with Gasteiger partial charge in [0.1, 0.15) is 0 Å². The lowest BCUT2D eigenvalue weighted by Crippen LogP contribution is -1.65. The van der Waals surface area contributed by atoms with Gasteiger partial charge in [-0.3, -0.25) is 0 Å². The van der Waals surface area contributed by atoms with Crippen LogP contribution in [0, 0.1) is 6.42 Å². The quantitative estimate of drug-likeness (QED) is 0.432. The molecule has 0 aromatic rings. The van der Waals surface area contributed by atoms with E-state index >= 15 is 0 Å². The van der Waals surface area contributed by atoms with Crippen LogP contribution in [0.15, 0.2) is 24.3 Å². The molecule has 49 valence electrons. The van der Waals surface area contributed by atoms with E-state index in [0.717, 1.165) is 6.42 Å². The average Bonchev–Trinajstić information content (AvgIpc) is 2.00. The minimum Gasteiger partial charge on any atom is -0.0885 e. The lowest BCUT2D eigenvalue weighted by Gasteiger charge is -1.85. The van der Waals surface area contributed by atoms with Gasteiger partial charge in [-0.15, -0.1) is 0 Å². The van der Waals surface area contributed by atoms with Crippen LogP contribution in [0.4, 0.5) is 0 Å². The summed E-state index contributed by atoms with van der Waals surface area (Å²) in [6.07, 6.45) is 16.0. The van der Waals surface area contributed by atoms with E-state index in [-0.39, 0.29) is 0 Å². The molecule has 0 saturated heterocycles. The van der Waals surface area contributed by atoms with Crippen molar-refractivity contribution >= 4 is 0 Å². The summed E-state index contributed by atoms with van der Waals surface area (Å²) >= 11 is 0. The maximum atomic E-state index is 2.27. The predicted molar refractivity (Wildman–Crippen MR) is 41.0 cm³/mol. The standard InChI is InChI=1S/C9H13/c1-2-4-6-8-9-7-5-3-1/h1-3,6,8H,4-5,7,9H2/b3-1+,8-6+. The second-order valence-electron chi connectivity index (χ2n) is 2.30. The summed E-state index contributed by atoms with van der Waals surface area (Å²) in [6.45, 7) is 0. The van der Waals surface area contributed by atoms with Gasteiger partial charge >= 0.3 is 0 Å². The van der Waals surface area contributed by atoms with Gasteiger partial charge in [0.15, 0.2) is 0 Å². The first-order valence-corrected chi connectivity index (χ1v) is 3.63. The normalized spacial score (nSPS) is 27.6. The van der Waals surface area contributed by atoms with Crippen LogP contribution >= 0.6 is 0 Å². The smallest absolute Gasteiger partial charge is 0.0133 e. The molecule has 0 saturated carbocycles. The van der Waals surface area contributed by atoms with E-state index in [1.54, 1.807) is 0 Å². The summed E-state index contributed by atoms with van der Waals surface area (Å²) in [5.41, 5.74) is 0. The van der Waals surface area contributed by atoms with Gasteiger partial charge in [-0.2, -0.15) is 0 Å². The Morgan fingerprint density at radius 2 is 1.78 bits per heavy atom. The molecule has 0 heterocycles. The average molecular weight is 121 g/mol. The van der Waals surface area contributed by atoms with Gasteiger partial charge < -0.3 is 0 Å². The third-order valence-electron chi connectivity index (χ3n) is 1.45. The molecular formula is C9H13. The highest BCUT2D eigenvalue weighted by Crippen LogP contribution is 2.03. The van der Waals surface area contributed by atoms with Crippen LogP contribution < -0.4 is 0 Å². The molecule has 0 heteroatoms. The van der Waals surface area contributed by atoms with Crippen molar-refractivity contribution in [3.8, 4) is 0 Å². The molecule has 0 spiro atoms. The first-order valence-electron chi connectivity index (χ1n) is 3.63. The molecule has 0 aliphatic heterocycles. The van der Waals surface area contributed by atoms with Crippen molar-refractivity contribution in [2.75, 3.05) is 0 Å². The molecule has 0 fully saturated rings. The van der Waals surface area contributed by atoms with Gasteiger partial charge in [-0.05, 0) is 32.1 Å². The largest absolute Gasteiger partial charge is 0.0885 e. The topological polar surface area (TPSA) is 0 Å². The Morgan fingerprint density at radius 3 is 2.78 bits per heavy atom. The fourth-order valence-corrected chi connectivity index (χ4v) is 0.917. The molecule has 1 rings (SSSR count). The van der Waals surface area contributed by atoms with Crippen LogP contribution in [0.3, 0.4) is 0 Å². The Morgan fingerprint density at radius 1 is 0.889 bits per heavy atom. The molecule has 9 heavy (non-hydrogen) atoms. The minimum absolute atomic E-state index is 1.11. The van der Waals surface area contributed by atoms with Crippen molar-refractivity contribution in [2.24, 2.45) is 0 Å². The van der Waals surface area contributed by atoms with E-state index in [1.165, 1.54) is 19.3 Å². The summed E-state index contributed by atoms with van der Waals surface area (Å²) in [6, 6.07) is 0. The fraction of sp³-hybridized carbons (Fsp3) is 0.444. The maximum Gasteiger partial charge on any atom is -0.0133 e. The monoisotopic (exact) mass is 121 g/mol. The van der Waals surface area contributed by atoms with Gasteiger partial charge in [0, 0.05) is 0 Å². The molecule has 1 aliphatic rings. The molecule has 1 aliphatic carbocycles. The van der Waals surface area contributed by atoms with E-state index < -0.39 is 0 Å². The number of allylic oxidation sites excluding steroid dienone is 4. The van der Waals surface area contributed by atoms with Crippen molar-refractivity contribution in [1.29, 1.82) is 0 Å². The van der Waals surface area contributed by atoms with Gasteiger partial charge in [0.2, 0.25) is 0 Å². The van der Waals surface area contributed by atoms with Gasteiger partial charge in [-0.1, -0.05) is 24.3 Å². The van der Waals surface area contributed by atoms with Crippen molar-refractivity contribution in [2.45, 2.75) is 25.7 Å². The zero-order valence-corrected chi connectivity index (χ0v) is 5.72. The molecule has 0 nitrogen and oxygen atoms in total. The van der Waals surface area contributed by atoms with E-state index in [4.69, 9.17) is 0 Å². The molecule has 0 aromatic heterocycles. The molecule has 0 bridgehead atoms. The Hall–Kier alpha value is -0.520. The second-order valence-corrected chi connectivity index (χ2v) is 2.30. The number of rotatable bonds is 0. The van der Waals surface area contributed by atoms with E-state index in [9.17, 15) is 0 Å². The SMILES string of the molecule is [CH]1/C=C/CCC/C=C/C1.